The molecule has 0 aliphatic heterocycles. The molecule has 1 aromatic heterocycles. The van der Waals surface area contributed by atoms with E-state index in [1.54, 1.807) is 19.3 Å². The van der Waals surface area contributed by atoms with E-state index in [1.807, 2.05) is 30.3 Å². The lowest BCUT2D eigenvalue weighted by atomic mass is 10.1. The molecule has 5 nitrogen and oxygen atoms in total. The van der Waals surface area contributed by atoms with Crippen LogP contribution in [0.5, 0.6) is 0 Å². The highest BCUT2D eigenvalue weighted by Crippen LogP contribution is 2.11. The molecule has 1 atom stereocenters. The average Bonchev–Trinajstić information content (AvgIpc) is 3.00. The number of benzene rings is 1. The van der Waals surface area contributed by atoms with Crippen LogP contribution in [0.1, 0.15) is 18.2 Å². The summed E-state index contributed by atoms with van der Waals surface area (Å²) >= 11 is 0. The van der Waals surface area contributed by atoms with Gasteiger partial charge in [0, 0.05) is 5.69 Å². The Morgan fingerprint density at radius 3 is 2.71 bits per heavy atom. The number of nitrogens with zero attached hydrogens (tertiary/aromatic N) is 1. The Labute approximate surface area is 123 Å². The third-order valence-corrected chi connectivity index (χ3v) is 3.03. The molecule has 0 aliphatic rings. The van der Waals surface area contributed by atoms with E-state index < -0.39 is 0 Å². The molecule has 0 bridgehead atoms. The lowest BCUT2D eigenvalue weighted by Gasteiger charge is -2.15. The summed E-state index contributed by atoms with van der Waals surface area (Å²) in [7, 11) is 0. The van der Waals surface area contributed by atoms with Gasteiger partial charge in [0.25, 0.3) is 0 Å². The number of carbonyl (C=O) groups excluding carboxylic acids is 1. The lowest BCUT2D eigenvalue weighted by Crippen LogP contribution is -2.37. The number of rotatable bonds is 6. The van der Waals surface area contributed by atoms with Gasteiger partial charge < -0.3 is 15.1 Å². The minimum absolute atomic E-state index is 0.104. The van der Waals surface area contributed by atoms with E-state index in [1.165, 1.54) is 0 Å². The molecular formula is C16H17N3O2. The molecule has 0 fully saturated rings. The van der Waals surface area contributed by atoms with Crippen molar-refractivity contribution in [2.75, 3.05) is 5.32 Å². The van der Waals surface area contributed by atoms with E-state index in [0.29, 0.717) is 13.0 Å². The monoisotopic (exact) mass is 283 g/mol. The predicted octanol–water partition coefficient (Wildman–Crippen LogP) is 2.46. The van der Waals surface area contributed by atoms with Gasteiger partial charge in [-0.15, -0.1) is 0 Å². The molecule has 0 saturated heterocycles. The molecule has 1 heterocycles. The van der Waals surface area contributed by atoms with Crippen LogP contribution >= 0.6 is 0 Å². The molecule has 0 spiro atoms. The normalized spacial score (nSPS) is 11.4. The van der Waals surface area contributed by atoms with E-state index in [-0.39, 0.29) is 11.9 Å². The fourth-order valence-corrected chi connectivity index (χ4v) is 1.87. The Hall–Kier alpha value is -2.74. The van der Waals surface area contributed by atoms with Crippen LogP contribution in [0.25, 0.3) is 0 Å². The fraction of sp³-hybridized carbons (Fsp3) is 0.250. The van der Waals surface area contributed by atoms with Gasteiger partial charge in [-0.1, -0.05) is 12.1 Å². The SMILES string of the molecule is CC(Nc1ccc(CC#N)cc1)C(=O)NCc1ccco1. The highest BCUT2D eigenvalue weighted by Gasteiger charge is 2.12. The van der Waals surface area contributed by atoms with Crippen LogP contribution in [0.2, 0.25) is 0 Å². The topological polar surface area (TPSA) is 78.1 Å². The maximum Gasteiger partial charge on any atom is 0.242 e. The summed E-state index contributed by atoms with van der Waals surface area (Å²) in [5.74, 6) is 0.615. The van der Waals surface area contributed by atoms with Crippen molar-refractivity contribution in [3.8, 4) is 6.07 Å². The smallest absolute Gasteiger partial charge is 0.242 e. The van der Waals surface area contributed by atoms with Crippen molar-refractivity contribution in [1.29, 1.82) is 5.26 Å². The zero-order chi connectivity index (χ0) is 15.1. The number of amides is 1. The van der Waals surface area contributed by atoms with Crippen LogP contribution in [0.3, 0.4) is 0 Å². The third kappa shape index (κ3) is 4.39. The maximum atomic E-state index is 12.0. The van der Waals surface area contributed by atoms with E-state index in [4.69, 9.17) is 9.68 Å². The van der Waals surface area contributed by atoms with Crippen LogP contribution in [-0.4, -0.2) is 11.9 Å². The van der Waals surface area contributed by atoms with Crippen LogP contribution in [0.15, 0.2) is 47.1 Å². The van der Waals surface area contributed by atoms with Crippen molar-refractivity contribution in [2.45, 2.75) is 25.9 Å². The third-order valence-electron chi connectivity index (χ3n) is 3.03. The summed E-state index contributed by atoms with van der Waals surface area (Å²) in [4.78, 5) is 12.0. The predicted molar refractivity (Wildman–Crippen MR) is 79.4 cm³/mol. The molecule has 1 aromatic carbocycles. The van der Waals surface area contributed by atoms with Crippen molar-refractivity contribution in [3.05, 3.63) is 54.0 Å². The summed E-state index contributed by atoms with van der Waals surface area (Å²) in [5, 5.41) is 14.5. The van der Waals surface area contributed by atoms with Gasteiger partial charge in [0.1, 0.15) is 11.8 Å². The highest BCUT2D eigenvalue weighted by atomic mass is 16.3. The lowest BCUT2D eigenvalue weighted by molar-refractivity contribution is -0.121. The standard InChI is InChI=1S/C16H17N3O2/c1-12(16(20)18-11-15-3-2-10-21-15)19-14-6-4-13(5-7-14)8-9-17/h2-7,10,12,19H,8,11H2,1H3,(H,18,20). The minimum Gasteiger partial charge on any atom is -0.467 e. The van der Waals surface area contributed by atoms with Gasteiger partial charge in [-0.05, 0) is 36.8 Å². The second-order valence-electron chi connectivity index (χ2n) is 4.70. The fourth-order valence-electron chi connectivity index (χ4n) is 1.87. The van der Waals surface area contributed by atoms with E-state index >= 15 is 0 Å². The van der Waals surface area contributed by atoms with Crippen molar-refractivity contribution in [3.63, 3.8) is 0 Å². The second kappa shape index (κ2) is 7.15. The van der Waals surface area contributed by atoms with Crippen molar-refractivity contribution < 1.29 is 9.21 Å². The van der Waals surface area contributed by atoms with Gasteiger partial charge in [0.05, 0.1) is 25.3 Å². The highest BCUT2D eigenvalue weighted by molar-refractivity contribution is 5.84. The Kier molecular flexibility index (Phi) is 4.99. The van der Waals surface area contributed by atoms with Gasteiger partial charge >= 0.3 is 0 Å². The average molecular weight is 283 g/mol. The van der Waals surface area contributed by atoms with Crippen molar-refractivity contribution in [2.24, 2.45) is 0 Å². The first-order valence-electron chi connectivity index (χ1n) is 6.71. The molecule has 21 heavy (non-hydrogen) atoms. The maximum absolute atomic E-state index is 12.0. The summed E-state index contributed by atoms with van der Waals surface area (Å²) in [5.41, 5.74) is 1.80. The molecule has 0 saturated carbocycles. The summed E-state index contributed by atoms with van der Waals surface area (Å²) in [6.45, 7) is 2.17. The first-order chi connectivity index (χ1) is 10.2. The molecule has 2 N–H and O–H groups in total. The Balaban J connectivity index is 1.83. The molecule has 108 valence electrons. The molecule has 1 amide bonds. The molecule has 1 unspecified atom stereocenters. The molecule has 5 heteroatoms. The minimum atomic E-state index is -0.359. The van der Waals surface area contributed by atoms with Crippen LogP contribution in [0.4, 0.5) is 5.69 Å². The summed E-state index contributed by atoms with van der Waals surface area (Å²) in [6, 6.07) is 12.8. The number of carbonyl (C=O) groups is 1. The molecule has 0 aliphatic carbocycles. The molecular weight excluding hydrogens is 266 g/mol. The Morgan fingerprint density at radius 2 is 2.10 bits per heavy atom. The van der Waals surface area contributed by atoms with Gasteiger partial charge in [-0.3, -0.25) is 4.79 Å². The number of nitriles is 1. The number of nitrogens with one attached hydrogen (secondary N) is 2. The van der Waals surface area contributed by atoms with Gasteiger partial charge in [-0.2, -0.15) is 5.26 Å². The molecule has 0 radical (unpaired) electrons. The zero-order valence-corrected chi connectivity index (χ0v) is 11.8. The van der Waals surface area contributed by atoms with E-state index in [9.17, 15) is 4.79 Å². The first-order valence-corrected chi connectivity index (χ1v) is 6.71. The first kappa shape index (κ1) is 14.7. The van der Waals surface area contributed by atoms with Gasteiger partial charge in [0.2, 0.25) is 5.91 Å². The summed E-state index contributed by atoms with van der Waals surface area (Å²) < 4.78 is 5.16. The van der Waals surface area contributed by atoms with Gasteiger partial charge in [0.15, 0.2) is 0 Å². The quantitative estimate of drug-likeness (QED) is 0.853. The van der Waals surface area contributed by atoms with Gasteiger partial charge in [-0.25, -0.2) is 0 Å². The second-order valence-corrected chi connectivity index (χ2v) is 4.70. The van der Waals surface area contributed by atoms with Crippen molar-refractivity contribution >= 4 is 11.6 Å². The Bertz CT molecular complexity index is 612. The molecule has 2 rings (SSSR count). The molecule has 2 aromatic rings. The largest absolute Gasteiger partial charge is 0.467 e. The number of anilines is 1. The van der Waals surface area contributed by atoms with Crippen molar-refractivity contribution in [1.82, 2.24) is 5.32 Å². The van der Waals surface area contributed by atoms with Crippen LogP contribution in [0, 0.1) is 11.3 Å². The van der Waals surface area contributed by atoms with E-state index in [0.717, 1.165) is 17.0 Å². The number of furan rings is 1. The number of hydrogen-bond acceptors (Lipinski definition) is 4. The van der Waals surface area contributed by atoms with Crippen LogP contribution in [-0.2, 0) is 17.8 Å². The van der Waals surface area contributed by atoms with Crippen LogP contribution < -0.4 is 10.6 Å². The summed E-state index contributed by atoms with van der Waals surface area (Å²) in [6.07, 6.45) is 1.96. The Morgan fingerprint density at radius 1 is 1.33 bits per heavy atom. The van der Waals surface area contributed by atoms with E-state index in [2.05, 4.69) is 16.7 Å². The zero-order valence-electron chi connectivity index (χ0n) is 11.8. The number of hydrogen-bond donors (Lipinski definition) is 2.